The summed E-state index contributed by atoms with van der Waals surface area (Å²) in [6.45, 7) is 2.32. The fourth-order valence-corrected chi connectivity index (χ4v) is 6.05. The van der Waals surface area contributed by atoms with E-state index in [9.17, 15) is 0 Å². The van der Waals surface area contributed by atoms with Crippen LogP contribution in [-0.4, -0.2) is 7.05 Å². The lowest BCUT2D eigenvalue weighted by atomic mass is 9.95. The van der Waals surface area contributed by atoms with Gasteiger partial charge in [0.2, 0.25) is 0 Å². The lowest BCUT2D eigenvalue weighted by Gasteiger charge is -2.27. The van der Waals surface area contributed by atoms with Crippen LogP contribution < -0.4 is 10.2 Å². The summed E-state index contributed by atoms with van der Waals surface area (Å²) in [6, 6.07) is 48.4. The number of fused-ring (bicyclic) bond motifs is 4. The highest BCUT2D eigenvalue weighted by molar-refractivity contribution is 5.99. The van der Waals surface area contributed by atoms with Gasteiger partial charge in [0.25, 0.3) is 0 Å². The molecule has 0 radical (unpaired) electrons. The molecule has 1 N–H and O–H groups in total. The number of para-hydroxylation sites is 1. The summed E-state index contributed by atoms with van der Waals surface area (Å²) in [5.41, 5.74) is 12.6. The Kier molecular flexibility index (Phi) is 5.67. The topological polar surface area (TPSA) is 15.3 Å². The summed E-state index contributed by atoms with van der Waals surface area (Å²) >= 11 is 0. The first-order valence-corrected chi connectivity index (χ1v) is 13.6. The number of anilines is 4. The van der Waals surface area contributed by atoms with Gasteiger partial charge in [-0.05, 0) is 87.3 Å². The Balaban J connectivity index is 1.28. The zero-order valence-electron chi connectivity index (χ0n) is 22.2. The van der Waals surface area contributed by atoms with Crippen LogP contribution in [0.15, 0.2) is 133 Å². The van der Waals surface area contributed by atoms with E-state index in [0.29, 0.717) is 5.92 Å². The maximum absolute atomic E-state index is 3.28. The van der Waals surface area contributed by atoms with Gasteiger partial charge in [0, 0.05) is 35.4 Å². The van der Waals surface area contributed by atoms with Crippen LogP contribution >= 0.6 is 0 Å². The Morgan fingerprint density at radius 2 is 1.21 bits per heavy atom. The minimum atomic E-state index is 0.377. The van der Waals surface area contributed by atoms with E-state index in [1.807, 2.05) is 7.05 Å². The lowest BCUT2D eigenvalue weighted by molar-refractivity contribution is 0.957. The highest BCUT2D eigenvalue weighted by Crippen LogP contribution is 2.47. The first-order chi connectivity index (χ1) is 19.2. The van der Waals surface area contributed by atoms with Gasteiger partial charge in [-0.25, -0.2) is 0 Å². The zero-order chi connectivity index (χ0) is 26.3. The van der Waals surface area contributed by atoms with Crippen molar-refractivity contribution in [3.05, 3.63) is 145 Å². The van der Waals surface area contributed by atoms with E-state index >= 15 is 0 Å². The van der Waals surface area contributed by atoms with Gasteiger partial charge in [-0.15, -0.1) is 0 Å². The first kappa shape index (κ1) is 23.3. The molecule has 188 valence electrons. The van der Waals surface area contributed by atoms with Crippen LogP contribution in [0.3, 0.4) is 0 Å². The van der Waals surface area contributed by atoms with E-state index in [2.05, 4.69) is 151 Å². The second-order valence-corrected chi connectivity index (χ2v) is 10.3. The predicted molar refractivity (Wildman–Crippen MR) is 167 cm³/mol. The van der Waals surface area contributed by atoms with E-state index in [1.165, 1.54) is 55.5 Å². The third-order valence-corrected chi connectivity index (χ3v) is 8.10. The number of benzene rings is 6. The average molecular weight is 503 g/mol. The maximum Gasteiger partial charge on any atom is 0.0540 e. The SMILES string of the molecule is CNc1ccc2c(c1)C(C)c1cc(-c3ccc(N(c4ccccc4)c4cccc5ccccc45)cc3)ccc1-2. The van der Waals surface area contributed by atoms with Crippen molar-refractivity contribution in [3.63, 3.8) is 0 Å². The van der Waals surface area contributed by atoms with Crippen LogP contribution in [0.2, 0.25) is 0 Å². The summed E-state index contributed by atoms with van der Waals surface area (Å²) in [4.78, 5) is 2.35. The van der Waals surface area contributed by atoms with Crippen molar-refractivity contribution in [1.29, 1.82) is 0 Å². The number of nitrogens with zero attached hydrogens (tertiary/aromatic N) is 1. The van der Waals surface area contributed by atoms with E-state index in [0.717, 1.165) is 11.4 Å². The van der Waals surface area contributed by atoms with Gasteiger partial charge in [0.15, 0.2) is 0 Å². The van der Waals surface area contributed by atoms with Crippen LogP contribution in [0.1, 0.15) is 24.0 Å². The van der Waals surface area contributed by atoms with Crippen molar-refractivity contribution in [2.75, 3.05) is 17.3 Å². The van der Waals surface area contributed by atoms with Gasteiger partial charge in [-0.3, -0.25) is 0 Å². The smallest absolute Gasteiger partial charge is 0.0540 e. The summed E-state index contributed by atoms with van der Waals surface area (Å²) < 4.78 is 0. The molecule has 0 amide bonds. The Morgan fingerprint density at radius 3 is 2.00 bits per heavy atom. The Bertz CT molecular complexity index is 1800. The molecular weight excluding hydrogens is 472 g/mol. The van der Waals surface area contributed by atoms with E-state index in [1.54, 1.807) is 0 Å². The molecule has 0 saturated heterocycles. The fourth-order valence-electron chi connectivity index (χ4n) is 6.05. The van der Waals surface area contributed by atoms with Gasteiger partial charge in [-0.1, -0.05) is 91.9 Å². The Morgan fingerprint density at radius 1 is 0.564 bits per heavy atom. The van der Waals surface area contributed by atoms with E-state index in [-0.39, 0.29) is 0 Å². The van der Waals surface area contributed by atoms with Gasteiger partial charge < -0.3 is 10.2 Å². The van der Waals surface area contributed by atoms with Crippen molar-refractivity contribution >= 4 is 33.5 Å². The molecular formula is C37H30N2. The molecule has 1 aliphatic rings. The number of hydrogen-bond donors (Lipinski definition) is 1. The number of hydrogen-bond acceptors (Lipinski definition) is 2. The van der Waals surface area contributed by atoms with Gasteiger partial charge in [0.05, 0.1) is 5.69 Å². The molecule has 2 nitrogen and oxygen atoms in total. The largest absolute Gasteiger partial charge is 0.388 e. The molecule has 0 spiro atoms. The number of nitrogens with one attached hydrogen (secondary N) is 1. The average Bonchev–Trinajstić information content (AvgIpc) is 3.28. The first-order valence-electron chi connectivity index (χ1n) is 13.6. The van der Waals surface area contributed by atoms with E-state index < -0.39 is 0 Å². The summed E-state index contributed by atoms with van der Waals surface area (Å²) in [7, 11) is 1.98. The maximum atomic E-state index is 3.28. The molecule has 7 rings (SSSR count). The standard InChI is InChI=1S/C37H30N2/c1-25-35-23-28(17-21-33(35)34-22-18-29(38-2)24-36(25)34)26-15-19-31(20-16-26)39(30-11-4-3-5-12-30)37-14-8-10-27-9-6-7-13-32(27)37/h3-25,38H,1-2H3. The highest BCUT2D eigenvalue weighted by atomic mass is 15.1. The Hall–Kier alpha value is -4.82. The molecule has 1 unspecified atom stereocenters. The molecule has 1 atom stereocenters. The van der Waals surface area contributed by atoms with Crippen molar-refractivity contribution in [3.8, 4) is 22.3 Å². The molecule has 0 saturated carbocycles. The molecule has 2 heteroatoms. The van der Waals surface area contributed by atoms with Gasteiger partial charge >= 0.3 is 0 Å². The Labute approximate surface area is 230 Å². The molecule has 0 fully saturated rings. The van der Waals surface area contributed by atoms with Crippen LogP contribution in [0.25, 0.3) is 33.0 Å². The molecule has 0 bridgehead atoms. The quantitative estimate of drug-likeness (QED) is 0.252. The molecule has 1 aliphatic carbocycles. The summed E-state index contributed by atoms with van der Waals surface area (Å²) in [5.74, 6) is 0.377. The van der Waals surface area contributed by atoms with Gasteiger partial charge in [-0.2, -0.15) is 0 Å². The van der Waals surface area contributed by atoms with Crippen LogP contribution in [-0.2, 0) is 0 Å². The zero-order valence-corrected chi connectivity index (χ0v) is 22.2. The fraction of sp³-hybridized carbons (Fsp3) is 0.0811. The third kappa shape index (κ3) is 3.97. The van der Waals surface area contributed by atoms with Gasteiger partial charge in [0.1, 0.15) is 0 Å². The highest BCUT2D eigenvalue weighted by Gasteiger charge is 2.26. The molecule has 0 heterocycles. The van der Waals surface area contributed by atoms with Crippen molar-refractivity contribution < 1.29 is 0 Å². The second kappa shape index (κ2) is 9.49. The molecule has 39 heavy (non-hydrogen) atoms. The van der Waals surface area contributed by atoms with Crippen LogP contribution in [0.5, 0.6) is 0 Å². The molecule has 0 aromatic heterocycles. The number of rotatable bonds is 5. The molecule has 6 aromatic carbocycles. The van der Waals surface area contributed by atoms with Crippen LogP contribution in [0, 0.1) is 0 Å². The summed E-state index contributed by atoms with van der Waals surface area (Å²) in [6.07, 6.45) is 0. The molecule has 6 aromatic rings. The monoisotopic (exact) mass is 502 g/mol. The second-order valence-electron chi connectivity index (χ2n) is 10.3. The normalized spacial score (nSPS) is 13.6. The molecule has 0 aliphatic heterocycles. The van der Waals surface area contributed by atoms with Crippen molar-refractivity contribution in [1.82, 2.24) is 0 Å². The van der Waals surface area contributed by atoms with Crippen molar-refractivity contribution in [2.45, 2.75) is 12.8 Å². The summed E-state index contributed by atoms with van der Waals surface area (Å²) in [5, 5.41) is 5.76. The minimum Gasteiger partial charge on any atom is -0.388 e. The van der Waals surface area contributed by atoms with E-state index in [4.69, 9.17) is 0 Å². The predicted octanol–water partition coefficient (Wildman–Crippen LogP) is 10.2. The minimum absolute atomic E-state index is 0.377. The lowest BCUT2D eigenvalue weighted by Crippen LogP contribution is -2.10. The van der Waals surface area contributed by atoms with Crippen LogP contribution in [0.4, 0.5) is 22.7 Å². The third-order valence-electron chi connectivity index (χ3n) is 8.10. The van der Waals surface area contributed by atoms with Crippen molar-refractivity contribution in [2.24, 2.45) is 0 Å².